The fourth-order valence-electron chi connectivity index (χ4n) is 3.18. The molecular weight excluding hydrogens is 353 g/mol. The molecule has 2 atom stereocenters. The Labute approximate surface area is 151 Å². The molecule has 2 heterocycles. The lowest BCUT2D eigenvalue weighted by Crippen LogP contribution is -2.45. The van der Waals surface area contributed by atoms with E-state index in [1.807, 2.05) is 16.7 Å². The van der Waals surface area contributed by atoms with Gasteiger partial charge in [-0.15, -0.1) is 0 Å². The second-order valence-corrected chi connectivity index (χ2v) is 8.04. The van der Waals surface area contributed by atoms with Gasteiger partial charge in [-0.2, -0.15) is 11.8 Å². The normalized spacial score (nSPS) is 24.1. The van der Waals surface area contributed by atoms with Gasteiger partial charge in [0.25, 0.3) is 0 Å². The highest BCUT2D eigenvalue weighted by Crippen LogP contribution is 2.28. The average molecular weight is 374 g/mol. The minimum atomic E-state index is 0.100. The fourth-order valence-corrected chi connectivity index (χ4v) is 4.94. The number of benzene rings is 1. The summed E-state index contributed by atoms with van der Waals surface area (Å²) in [6.07, 6.45) is 3.61. The van der Waals surface area contributed by atoms with Gasteiger partial charge in [0.15, 0.2) is 0 Å². The Morgan fingerprint density at radius 1 is 1.30 bits per heavy atom. The number of hydrogen-bond acceptors (Lipinski definition) is 3. The summed E-state index contributed by atoms with van der Waals surface area (Å²) in [6, 6.07) is 5.67. The minimum absolute atomic E-state index is 0.100. The third-order valence-corrected chi connectivity index (χ3v) is 6.33. The topological polar surface area (TPSA) is 29.5 Å². The van der Waals surface area contributed by atoms with E-state index in [2.05, 4.69) is 0 Å². The molecule has 2 unspecified atom stereocenters. The molecule has 6 heteroatoms. The average Bonchev–Trinajstić information content (AvgIpc) is 3.21. The lowest BCUT2D eigenvalue weighted by molar-refractivity contribution is -0.134. The monoisotopic (exact) mass is 373 g/mol. The van der Waals surface area contributed by atoms with Gasteiger partial charge in [-0.25, -0.2) is 0 Å². The van der Waals surface area contributed by atoms with Crippen molar-refractivity contribution in [1.29, 1.82) is 0 Å². The van der Waals surface area contributed by atoms with Crippen LogP contribution in [0.4, 0.5) is 0 Å². The van der Waals surface area contributed by atoms with Crippen LogP contribution in [0, 0.1) is 0 Å². The van der Waals surface area contributed by atoms with Gasteiger partial charge in [-0.05, 0) is 42.7 Å². The highest BCUT2D eigenvalue weighted by molar-refractivity contribution is 7.99. The third-order valence-electron chi connectivity index (χ3n) is 4.48. The Bertz CT molecular complexity index is 537. The first-order chi connectivity index (χ1) is 11.1. The summed E-state index contributed by atoms with van der Waals surface area (Å²) in [4.78, 5) is 14.9. The van der Waals surface area contributed by atoms with E-state index in [0.29, 0.717) is 22.6 Å². The van der Waals surface area contributed by atoms with E-state index in [1.165, 1.54) is 0 Å². The molecule has 3 rings (SSSR count). The van der Waals surface area contributed by atoms with Gasteiger partial charge < -0.3 is 9.64 Å². The molecule has 0 N–H and O–H groups in total. The minimum Gasteiger partial charge on any atom is -0.376 e. The van der Waals surface area contributed by atoms with Crippen LogP contribution in [0.2, 0.25) is 10.0 Å². The Morgan fingerprint density at radius 2 is 2.09 bits per heavy atom. The summed E-state index contributed by atoms with van der Waals surface area (Å²) in [5.41, 5.74) is 0.726. The Kier molecular flexibility index (Phi) is 6.13. The van der Waals surface area contributed by atoms with Crippen molar-refractivity contribution in [2.75, 3.05) is 24.7 Å². The van der Waals surface area contributed by atoms with Gasteiger partial charge in [-0.1, -0.05) is 29.3 Å². The number of ether oxygens (including phenoxy) is 1. The van der Waals surface area contributed by atoms with Crippen LogP contribution in [0.15, 0.2) is 18.2 Å². The summed E-state index contributed by atoms with van der Waals surface area (Å²) < 4.78 is 5.74. The van der Waals surface area contributed by atoms with E-state index < -0.39 is 0 Å². The number of rotatable bonds is 5. The summed E-state index contributed by atoms with van der Waals surface area (Å²) in [5.74, 6) is 2.23. The van der Waals surface area contributed by atoms with Crippen LogP contribution in [0.5, 0.6) is 0 Å². The number of carbonyl (C=O) groups excluding carboxylic acids is 1. The van der Waals surface area contributed by atoms with Crippen molar-refractivity contribution in [1.82, 2.24) is 4.90 Å². The summed E-state index contributed by atoms with van der Waals surface area (Å²) in [6.45, 7) is 1.49. The number of carbonyl (C=O) groups is 1. The Balaban J connectivity index is 1.73. The van der Waals surface area contributed by atoms with Gasteiger partial charge in [-0.3, -0.25) is 4.79 Å². The van der Waals surface area contributed by atoms with Crippen molar-refractivity contribution in [3.05, 3.63) is 33.8 Å². The number of thioether (sulfide) groups is 1. The van der Waals surface area contributed by atoms with Gasteiger partial charge in [0.1, 0.15) is 0 Å². The van der Waals surface area contributed by atoms with Crippen molar-refractivity contribution in [2.24, 2.45) is 0 Å². The zero-order chi connectivity index (χ0) is 16.2. The molecule has 23 heavy (non-hydrogen) atoms. The summed E-state index contributed by atoms with van der Waals surface area (Å²) in [5, 5.41) is 1.12. The molecule has 0 saturated carbocycles. The van der Waals surface area contributed by atoms with Gasteiger partial charge in [0.05, 0.1) is 12.5 Å². The predicted molar refractivity (Wildman–Crippen MR) is 96.6 cm³/mol. The first-order valence-electron chi connectivity index (χ1n) is 8.07. The smallest absolute Gasteiger partial charge is 0.227 e. The molecule has 1 aromatic rings. The summed E-state index contributed by atoms with van der Waals surface area (Å²) >= 11 is 14.4. The Hall–Kier alpha value is -0.420. The number of nitrogens with zero attached hydrogens (tertiary/aromatic N) is 1. The molecule has 2 saturated heterocycles. The van der Waals surface area contributed by atoms with E-state index in [9.17, 15) is 4.79 Å². The molecule has 0 aliphatic carbocycles. The van der Waals surface area contributed by atoms with E-state index in [-0.39, 0.29) is 18.4 Å². The molecular formula is C17H21Cl2NO2S. The molecule has 2 aliphatic heterocycles. The second kappa shape index (κ2) is 8.11. The zero-order valence-electron chi connectivity index (χ0n) is 13.0. The third kappa shape index (κ3) is 4.36. The second-order valence-electron chi connectivity index (χ2n) is 6.08. The number of amides is 1. The maximum atomic E-state index is 12.9. The van der Waals surface area contributed by atoms with Crippen molar-refractivity contribution in [2.45, 2.75) is 37.8 Å². The van der Waals surface area contributed by atoms with Crippen LogP contribution >= 0.6 is 35.0 Å². The molecule has 2 aliphatic rings. The number of hydrogen-bond donors (Lipinski definition) is 0. The lowest BCUT2D eigenvalue weighted by atomic mass is 10.1. The van der Waals surface area contributed by atoms with Gasteiger partial charge >= 0.3 is 0 Å². The predicted octanol–water partition coefficient (Wildman–Crippen LogP) is 4.05. The maximum absolute atomic E-state index is 12.9. The quantitative estimate of drug-likeness (QED) is 0.779. The standard InChI is InChI=1S/C17H21Cl2NO2S/c18-15-4-1-5-16(19)14(15)9-17(21)20(12-6-8-23-11-12)10-13-3-2-7-22-13/h1,4-5,12-13H,2-3,6-11H2. The largest absolute Gasteiger partial charge is 0.376 e. The molecule has 1 aromatic carbocycles. The summed E-state index contributed by atoms with van der Waals surface area (Å²) in [7, 11) is 0. The molecule has 0 spiro atoms. The van der Waals surface area contributed by atoms with Gasteiger partial charge in [0.2, 0.25) is 5.91 Å². The molecule has 126 valence electrons. The highest BCUT2D eigenvalue weighted by atomic mass is 35.5. The van der Waals surface area contributed by atoms with Crippen LogP contribution < -0.4 is 0 Å². The van der Waals surface area contributed by atoms with E-state index in [1.54, 1.807) is 18.2 Å². The SMILES string of the molecule is O=C(Cc1c(Cl)cccc1Cl)N(CC1CCCO1)C1CCSC1. The van der Waals surface area contributed by atoms with E-state index in [4.69, 9.17) is 27.9 Å². The fraction of sp³-hybridized carbons (Fsp3) is 0.588. The molecule has 0 aromatic heterocycles. The first-order valence-corrected chi connectivity index (χ1v) is 9.98. The molecule has 1 amide bonds. The van der Waals surface area contributed by atoms with Crippen LogP contribution in [-0.2, 0) is 16.0 Å². The molecule has 2 fully saturated rings. The Morgan fingerprint density at radius 3 is 2.70 bits per heavy atom. The first kappa shape index (κ1) is 17.4. The molecule has 0 bridgehead atoms. The number of halogens is 2. The lowest BCUT2D eigenvalue weighted by Gasteiger charge is -2.31. The highest BCUT2D eigenvalue weighted by Gasteiger charge is 2.31. The van der Waals surface area contributed by atoms with E-state index in [0.717, 1.165) is 42.9 Å². The van der Waals surface area contributed by atoms with Crippen molar-refractivity contribution >= 4 is 40.9 Å². The zero-order valence-corrected chi connectivity index (χ0v) is 15.3. The maximum Gasteiger partial charge on any atom is 0.227 e. The van der Waals surface area contributed by atoms with Crippen LogP contribution in [0.25, 0.3) is 0 Å². The molecule has 3 nitrogen and oxygen atoms in total. The van der Waals surface area contributed by atoms with Gasteiger partial charge in [0, 0.05) is 35.0 Å². The van der Waals surface area contributed by atoms with Crippen molar-refractivity contribution < 1.29 is 9.53 Å². The van der Waals surface area contributed by atoms with E-state index >= 15 is 0 Å². The van der Waals surface area contributed by atoms with Crippen LogP contribution in [0.3, 0.4) is 0 Å². The van der Waals surface area contributed by atoms with Crippen molar-refractivity contribution in [3.63, 3.8) is 0 Å². The molecule has 0 radical (unpaired) electrons. The van der Waals surface area contributed by atoms with Crippen molar-refractivity contribution in [3.8, 4) is 0 Å². The van der Waals surface area contributed by atoms with Crippen LogP contribution in [0.1, 0.15) is 24.8 Å². The van der Waals surface area contributed by atoms with Crippen LogP contribution in [-0.4, -0.2) is 47.6 Å².